The molecule has 0 fully saturated rings. The summed E-state index contributed by atoms with van der Waals surface area (Å²) in [6, 6.07) is 14.9. The van der Waals surface area contributed by atoms with Gasteiger partial charge in [0.05, 0.1) is 18.4 Å². The Morgan fingerprint density at radius 2 is 1.96 bits per heavy atom. The lowest BCUT2D eigenvalue weighted by molar-refractivity contribution is -0.136. The lowest BCUT2D eigenvalue weighted by atomic mass is 9.83. The molecule has 1 atom stereocenters. The van der Waals surface area contributed by atoms with Gasteiger partial charge in [0.1, 0.15) is 12.4 Å². The molecule has 1 amide bonds. The van der Waals surface area contributed by atoms with Crippen LogP contribution in [0.2, 0.25) is 0 Å². The number of esters is 1. The highest BCUT2D eigenvalue weighted by atomic mass is 79.9. The van der Waals surface area contributed by atoms with Crippen molar-refractivity contribution < 1.29 is 19.1 Å². The molecule has 0 saturated heterocycles. The van der Waals surface area contributed by atoms with E-state index in [0.717, 1.165) is 10.0 Å². The topological polar surface area (TPSA) is 55.8 Å². The molecule has 2 aliphatic heterocycles. The molecule has 0 spiro atoms. The maximum absolute atomic E-state index is 13.0. The van der Waals surface area contributed by atoms with Crippen LogP contribution in [0.3, 0.4) is 0 Å². The van der Waals surface area contributed by atoms with Crippen LogP contribution in [0.4, 0.5) is 5.69 Å². The molecule has 2 aromatic carbocycles. The normalized spacial score (nSPS) is 19.5. The molecule has 0 saturated carbocycles. The summed E-state index contributed by atoms with van der Waals surface area (Å²) in [5.41, 5.74) is 2.69. The van der Waals surface area contributed by atoms with Crippen LogP contribution in [-0.4, -0.2) is 25.6 Å². The second kappa shape index (κ2) is 6.61. The number of rotatable bonds is 3. The van der Waals surface area contributed by atoms with Gasteiger partial charge in [-0.05, 0) is 24.3 Å². The number of amides is 1. The number of carbonyl (C=O) groups is 2. The van der Waals surface area contributed by atoms with Crippen LogP contribution in [-0.2, 0) is 14.3 Å². The van der Waals surface area contributed by atoms with Gasteiger partial charge >= 0.3 is 5.97 Å². The second-order valence-corrected chi connectivity index (χ2v) is 7.06. The number of benzene rings is 2. The van der Waals surface area contributed by atoms with Crippen molar-refractivity contribution in [2.75, 3.05) is 18.6 Å². The molecule has 26 heavy (non-hydrogen) atoms. The summed E-state index contributed by atoms with van der Waals surface area (Å²) in [7, 11) is 1.58. The molecule has 4 rings (SSSR count). The van der Waals surface area contributed by atoms with E-state index in [4.69, 9.17) is 9.47 Å². The zero-order chi connectivity index (χ0) is 18.3. The first-order valence-corrected chi connectivity index (χ1v) is 9.01. The second-order valence-electron chi connectivity index (χ2n) is 6.14. The van der Waals surface area contributed by atoms with Gasteiger partial charge in [-0.25, -0.2) is 4.79 Å². The number of methoxy groups -OCH3 is 1. The van der Waals surface area contributed by atoms with Crippen LogP contribution in [0, 0.1) is 0 Å². The fourth-order valence-corrected chi connectivity index (χ4v) is 3.98. The van der Waals surface area contributed by atoms with E-state index >= 15 is 0 Å². The average Bonchev–Trinajstić information content (AvgIpc) is 3.02. The van der Waals surface area contributed by atoms with Crippen LogP contribution >= 0.6 is 15.9 Å². The monoisotopic (exact) mass is 413 g/mol. The van der Waals surface area contributed by atoms with Crippen LogP contribution in [0.15, 0.2) is 64.3 Å². The van der Waals surface area contributed by atoms with E-state index in [1.165, 1.54) is 0 Å². The Morgan fingerprint density at radius 3 is 2.73 bits per heavy atom. The van der Waals surface area contributed by atoms with E-state index < -0.39 is 0 Å². The van der Waals surface area contributed by atoms with Crippen molar-refractivity contribution in [3.8, 4) is 5.75 Å². The van der Waals surface area contributed by atoms with Gasteiger partial charge in [-0.2, -0.15) is 0 Å². The first-order valence-electron chi connectivity index (χ1n) is 8.21. The Morgan fingerprint density at radius 1 is 1.15 bits per heavy atom. The van der Waals surface area contributed by atoms with E-state index in [1.807, 2.05) is 48.5 Å². The molecule has 132 valence electrons. The Balaban J connectivity index is 1.86. The molecular weight excluding hydrogens is 398 g/mol. The van der Waals surface area contributed by atoms with Crippen molar-refractivity contribution in [1.29, 1.82) is 0 Å². The van der Waals surface area contributed by atoms with Crippen LogP contribution in [0.5, 0.6) is 5.75 Å². The summed E-state index contributed by atoms with van der Waals surface area (Å²) in [6.45, 7) is 0.0953. The molecule has 2 aliphatic rings. The zero-order valence-electron chi connectivity index (χ0n) is 14.1. The molecule has 0 aliphatic carbocycles. The fourth-order valence-electron chi connectivity index (χ4n) is 3.59. The van der Waals surface area contributed by atoms with E-state index in [2.05, 4.69) is 15.9 Å². The van der Waals surface area contributed by atoms with Gasteiger partial charge in [-0.3, -0.25) is 9.69 Å². The fraction of sp³-hybridized carbons (Fsp3) is 0.200. The molecule has 0 aromatic heterocycles. The first-order chi connectivity index (χ1) is 12.6. The van der Waals surface area contributed by atoms with E-state index in [-0.39, 0.29) is 30.8 Å². The molecule has 6 heteroatoms. The number of para-hydroxylation sites is 1. The zero-order valence-corrected chi connectivity index (χ0v) is 15.7. The Kier molecular flexibility index (Phi) is 4.28. The predicted molar refractivity (Wildman–Crippen MR) is 100.0 cm³/mol. The van der Waals surface area contributed by atoms with Crippen LogP contribution < -0.4 is 9.64 Å². The highest BCUT2D eigenvalue weighted by molar-refractivity contribution is 9.10. The van der Waals surface area contributed by atoms with Crippen molar-refractivity contribution in [2.24, 2.45) is 0 Å². The predicted octanol–water partition coefficient (Wildman–Crippen LogP) is 3.79. The van der Waals surface area contributed by atoms with Gasteiger partial charge < -0.3 is 9.47 Å². The summed E-state index contributed by atoms with van der Waals surface area (Å²) in [5.74, 6) is -0.153. The third-order valence-corrected chi connectivity index (χ3v) is 5.19. The van der Waals surface area contributed by atoms with Crippen molar-refractivity contribution in [3.63, 3.8) is 0 Å². The summed E-state index contributed by atoms with van der Waals surface area (Å²) < 4.78 is 11.6. The summed E-state index contributed by atoms with van der Waals surface area (Å²) in [4.78, 5) is 27.1. The van der Waals surface area contributed by atoms with E-state index in [9.17, 15) is 9.59 Å². The van der Waals surface area contributed by atoms with Crippen molar-refractivity contribution in [3.05, 3.63) is 69.8 Å². The molecule has 1 unspecified atom stereocenters. The molecule has 5 nitrogen and oxygen atoms in total. The quantitative estimate of drug-likeness (QED) is 0.718. The molecule has 0 N–H and O–H groups in total. The van der Waals surface area contributed by atoms with E-state index in [1.54, 1.807) is 12.0 Å². The lowest BCUT2D eigenvalue weighted by Crippen LogP contribution is -2.37. The summed E-state index contributed by atoms with van der Waals surface area (Å²) in [6.07, 6.45) is 0.181. The number of anilines is 1. The largest absolute Gasteiger partial charge is 0.496 e. The maximum atomic E-state index is 13.0. The van der Waals surface area contributed by atoms with Gasteiger partial charge in [0, 0.05) is 28.1 Å². The number of ether oxygens (including phenoxy) is 2. The number of nitrogens with zero attached hydrogens (tertiary/aromatic N) is 1. The Labute approximate surface area is 159 Å². The lowest BCUT2D eigenvalue weighted by Gasteiger charge is -2.32. The minimum absolute atomic E-state index is 0.0731. The highest BCUT2D eigenvalue weighted by Gasteiger charge is 2.43. The van der Waals surface area contributed by atoms with Gasteiger partial charge in [-0.1, -0.05) is 40.2 Å². The van der Waals surface area contributed by atoms with Gasteiger partial charge in [0.15, 0.2) is 0 Å². The average molecular weight is 414 g/mol. The van der Waals surface area contributed by atoms with E-state index in [0.29, 0.717) is 22.7 Å². The highest BCUT2D eigenvalue weighted by Crippen LogP contribution is 2.44. The maximum Gasteiger partial charge on any atom is 0.336 e. The smallest absolute Gasteiger partial charge is 0.336 e. The number of cyclic esters (lactones) is 1. The number of carbonyl (C=O) groups excluding carboxylic acids is 2. The van der Waals surface area contributed by atoms with Crippen LogP contribution in [0.1, 0.15) is 17.9 Å². The molecule has 0 bridgehead atoms. The minimum Gasteiger partial charge on any atom is -0.496 e. The van der Waals surface area contributed by atoms with Crippen molar-refractivity contribution in [1.82, 2.24) is 0 Å². The SMILES string of the molecule is COc1ccccc1C1CC(=O)N(c2cccc(Br)c2)C2=C1C(=O)OC2. The first kappa shape index (κ1) is 16.8. The molecule has 0 radical (unpaired) electrons. The third-order valence-electron chi connectivity index (χ3n) is 4.70. The molecule has 2 heterocycles. The Bertz CT molecular complexity index is 937. The minimum atomic E-state index is -0.372. The van der Waals surface area contributed by atoms with Crippen LogP contribution in [0.25, 0.3) is 0 Å². The standard InChI is InChI=1S/C20H16BrNO4/c1-25-17-8-3-2-7-14(17)15-10-18(23)22(13-6-4-5-12(21)9-13)16-11-26-20(24)19(15)16/h2-9,15H,10-11H2,1H3. The molecule has 2 aromatic rings. The number of hydrogen-bond acceptors (Lipinski definition) is 4. The number of hydrogen-bond donors (Lipinski definition) is 0. The molecular formula is C20H16BrNO4. The summed E-state index contributed by atoms with van der Waals surface area (Å²) >= 11 is 3.43. The van der Waals surface area contributed by atoms with Crippen molar-refractivity contribution in [2.45, 2.75) is 12.3 Å². The van der Waals surface area contributed by atoms with Gasteiger partial charge in [0.2, 0.25) is 5.91 Å². The third kappa shape index (κ3) is 2.70. The van der Waals surface area contributed by atoms with Crippen molar-refractivity contribution >= 4 is 33.5 Å². The van der Waals surface area contributed by atoms with Gasteiger partial charge in [-0.15, -0.1) is 0 Å². The number of halogens is 1. The van der Waals surface area contributed by atoms with Gasteiger partial charge in [0.25, 0.3) is 0 Å². The summed E-state index contributed by atoms with van der Waals surface area (Å²) in [5, 5.41) is 0. The Hall–Kier alpha value is -2.60.